The summed E-state index contributed by atoms with van der Waals surface area (Å²) in [6, 6.07) is 9.22. The Bertz CT molecular complexity index is 823. The number of nitrogens with two attached hydrogens (primary N) is 1. The summed E-state index contributed by atoms with van der Waals surface area (Å²) in [5.74, 6) is -0.465. The first-order valence-corrected chi connectivity index (χ1v) is 7.25. The minimum absolute atomic E-state index is 0.194. The molecule has 0 aliphatic rings. The van der Waals surface area contributed by atoms with Crippen LogP contribution in [-0.2, 0) is 0 Å². The Morgan fingerprint density at radius 3 is 2.17 bits per heavy atom. The average molecular weight is 309 g/mol. The molecular formula is C18H19N3O2. The molecule has 0 aliphatic carbocycles. The predicted molar refractivity (Wildman–Crippen MR) is 91.0 cm³/mol. The Hall–Kier alpha value is -2.82. The number of rotatable bonds is 4. The molecule has 2 aromatic carbocycles. The molecule has 0 fully saturated rings. The molecule has 5 heteroatoms. The van der Waals surface area contributed by atoms with E-state index in [9.17, 15) is 9.59 Å². The number of ketones is 2. The molecule has 2 aromatic rings. The number of benzene rings is 2. The largest absolute Gasteiger partial charge is 0.396 e. The molecule has 118 valence electrons. The lowest BCUT2D eigenvalue weighted by atomic mass is 9.95. The lowest BCUT2D eigenvalue weighted by molar-refractivity contribution is 0.0981. The maximum atomic E-state index is 11.9. The van der Waals surface area contributed by atoms with Crippen LogP contribution in [0.25, 0.3) is 0 Å². The molecule has 0 aromatic heterocycles. The van der Waals surface area contributed by atoms with Crippen LogP contribution in [-0.4, -0.2) is 11.6 Å². The van der Waals surface area contributed by atoms with Crippen molar-refractivity contribution in [2.24, 2.45) is 10.2 Å². The van der Waals surface area contributed by atoms with Gasteiger partial charge in [-0.25, -0.2) is 0 Å². The fraction of sp³-hybridized carbons (Fsp3) is 0.222. The zero-order valence-electron chi connectivity index (χ0n) is 13.7. The summed E-state index contributed by atoms with van der Waals surface area (Å²) in [6.07, 6.45) is 0. The molecule has 5 nitrogen and oxygen atoms in total. The van der Waals surface area contributed by atoms with Crippen molar-refractivity contribution in [3.05, 3.63) is 52.6 Å². The summed E-state index contributed by atoms with van der Waals surface area (Å²) in [4.78, 5) is 23.6. The van der Waals surface area contributed by atoms with Gasteiger partial charge in [-0.1, -0.05) is 18.2 Å². The lowest BCUT2D eigenvalue weighted by Crippen LogP contribution is -2.09. The summed E-state index contributed by atoms with van der Waals surface area (Å²) < 4.78 is 0. The SMILES string of the molecule is CC(=O)c1cc(C)c(N=Nc2ccccc2C)c(N)c1C(C)=O. The standard InChI is InChI=1S/C18H19N3O2/c1-10-7-5-6-8-15(10)20-21-18-11(2)9-14(12(3)22)16(13(4)23)17(18)19/h5-9H,19H2,1-4H3. The molecular weight excluding hydrogens is 290 g/mol. The summed E-state index contributed by atoms with van der Waals surface area (Å²) in [6.45, 7) is 6.52. The molecule has 0 heterocycles. The third-order valence-electron chi connectivity index (χ3n) is 3.63. The van der Waals surface area contributed by atoms with Crippen LogP contribution in [0.3, 0.4) is 0 Å². The topological polar surface area (TPSA) is 84.9 Å². The first-order chi connectivity index (χ1) is 10.8. The van der Waals surface area contributed by atoms with E-state index in [1.165, 1.54) is 13.8 Å². The van der Waals surface area contributed by atoms with E-state index in [0.717, 1.165) is 11.3 Å². The molecule has 0 spiro atoms. The maximum absolute atomic E-state index is 11.9. The van der Waals surface area contributed by atoms with E-state index < -0.39 is 0 Å². The van der Waals surface area contributed by atoms with E-state index in [4.69, 9.17) is 5.73 Å². The molecule has 2 N–H and O–H groups in total. The fourth-order valence-electron chi connectivity index (χ4n) is 2.40. The van der Waals surface area contributed by atoms with Crippen molar-refractivity contribution >= 4 is 28.6 Å². The fourth-order valence-corrected chi connectivity index (χ4v) is 2.40. The van der Waals surface area contributed by atoms with Crippen LogP contribution in [0.15, 0.2) is 40.6 Å². The minimum atomic E-state index is -0.264. The van der Waals surface area contributed by atoms with Gasteiger partial charge in [0, 0.05) is 5.56 Å². The Morgan fingerprint density at radius 2 is 1.61 bits per heavy atom. The summed E-state index contributed by atoms with van der Waals surface area (Å²) in [7, 11) is 0. The van der Waals surface area contributed by atoms with Gasteiger partial charge in [0.15, 0.2) is 11.6 Å². The van der Waals surface area contributed by atoms with Gasteiger partial charge < -0.3 is 5.73 Å². The molecule has 0 bridgehead atoms. The van der Waals surface area contributed by atoms with Crippen LogP contribution in [0.5, 0.6) is 0 Å². The average Bonchev–Trinajstić information content (AvgIpc) is 2.47. The molecule has 0 amide bonds. The van der Waals surface area contributed by atoms with Gasteiger partial charge in [0.25, 0.3) is 0 Å². The molecule has 23 heavy (non-hydrogen) atoms. The number of anilines is 1. The number of aryl methyl sites for hydroxylation is 2. The van der Waals surface area contributed by atoms with Gasteiger partial charge in [-0.15, -0.1) is 5.11 Å². The van der Waals surface area contributed by atoms with Crippen molar-refractivity contribution in [2.75, 3.05) is 5.73 Å². The molecule has 0 aliphatic heterocycles. The first-order valence-electron chi connectivity index (χ1n) is 7.25. The number of hydrogen-bond donors (Lipinski definition) is 1. The predicted octanol–water partition coefficient (Wildman–Crippen LogP) is 4.71. The van der Waals surface area contributed by atoms with Crippen molar-refractivity contribution in [3.8, 4) is 0 Å². The van der Waals surface area contributed by atoms with Crippen LogP contribution in [0, 0.1) is 13.8 Å². The van der Waals surface area contributed by atoms with Crippen LogP contribution in [0.2, 0.25) is 0 Å². The van der Waals surface area contributed by atoms with Gasteiger partial charge in [0.2, 0.25) is 0 Å². The van der Waals surface area contributed by atoms with E-state index in [0.29, 0.717) is 16.8 Å². The Kier molecular flexibility index (Phi) is 4.69. The van der Waals surface area contributed by atoms with Crippen LogP contribution in [0.4, 0.5) is 17.1 Å². The zero-order chi connectivity index (χ0) is 17.1. The van der Waals surface area contributed by atoms with Crippen molar-refractivity contribution in [3.63, 3.8) is 0 Å². The van der Waals surface area contributed by atoms with Crippen LogP contribution < -0.4 is 5.73 Å². The van der Waals surface area contributed by atoms with Gasteiger partial charge in [0.05, 0.1) is 16.9 Å². The highest BCUT2D eigenvalue weighted by molar-refractivity contribution is 6.12. The van der Waals surface area contributed by atoms with E-state index in [1.807, 2.05) is 31.2 Å². The minimum Gasteiger partial charge on any atom is -0.396 e. The van der Waals surface area contributed by atoms with E-state index in [2.05, 4.69) is 10.2 Å². The zero-order valence-corrected chi connectivity index (χ0v) is 13.7. The highest BCUT2D eigenvalue weighted by Crippen LogP contribution is 2.34. The highest BCUT2D eigenvalue weighted by atomic mass is 16.1. The molecule has 0 saturated heterocycles. The second-order valence-corrected chi connectivity index (χ2v) is 5.48. The third kappa shape index (κ3) is 3.34. The number of hydrogen-bond acceptors (Lipinski definition) is 5. The van der Waals surface area contributed by atoms with E-state index in [1.54, 1.807) is 13.0 Å². The normalized spacial score (nSPS) is 11.0. The smallest absolute Gasteiger partial charge is 0.162 e. The van der Waals surface area contributed by atoms with Crippen molar-refractivity contribution in [2.45, 2.75) is 27.7 Å². The van der Waals surface area contributed by atoms with Crippen LogP contribution >= 0.6 is 0 Å². The molecule has 0 unspecified atom stereocenters. The number of carbonyl (C=O) groups excluding carboxylic acids is 2. The third-order valence-corrected chi connectivity index (χ3v) is 3.63. The second-order valence-electron chi connectivity index (χ2n) is 5.48. The Morgan fingerprint density at radius 1 is 0.957 bits per heavy atom. The molecule has 2 rings (SSSR count). The number of azo groups is 1. The van der Waals surface area contributed by atoms with E-state index >= 15 is 0 Å². The number of nitrogen functional groups attached to an aromatic ring is 1. The summed E-state index contributed by atoms with van der Waals surface area (Å²) in [5.41, 5.74) is 9.66. The van der Waals surface area contributed by atoms with Gasteiger partial charge >= 0.3 is 0 Å². The molecule has 0 saturated carbocycles. The van der Waals surface area contributed by atoms with Gasteiger partial charge in [0.1, 0.15) is 5.69 Å². The molecule has 0 radical (unpaired) electrons. The van der Waals surface area contributed by atoms with Crippen molar-refractivity contribution < 1.29 is 9.59 Å². The summed E-state index contributed by atoms with van der Waals surface area (Å²) >= 11 is 0. The Balaban J connectivity index is 2.60. The Labute approximate surface area is 135 Å². The number of carbonyl (C=O) groups is 2. The highest BCUT2D eigenvalue weighted by Gasteiger charge is 2.19. The monoisotopic (exact) mass is 309 g/mol. The maximum Gasteiger partial charge on any atom is 0.162 e. The van der Waals surface area contributed by atoms with Crippen molar-refractivity contribution in [1.29, 1.82) is 0 Å². The second kappa shape index (κ2) is 6.52. The van der Waals surface area contributed by atoms with Gasteiger partial charge in [-0.3, -0.25) is 9.59 Å². The quantitative estimate of drug-likeness (QED) is 0.504. The number of nitrogens with zero attached hydrogens (tertiary/aromatic N) is 2. The van der Waals surface area contributed by atoms with Crippen molar-refractivity contribution in [1.82, 2.24) is 0 Å². The molecule has 0 atom stereocenters. The lowest BCUT2D eigenvalue weighted by Gasteiger charge is -2.12. The van der Waals surface area contributed by atoms with Gasteiger partial charge in [-0.2, -0.15) is 5.11 Å². The van der Waals surface area contributed by atoms with E-state index in [-0.39, 0.29) is 22.8 Å². The van der Waals surface area contributed by atoms with Gasteiger partial charge in [-0.05, 0) is 51.0 Å². The summed E-state index contributed by atoms with van der Waals surface area (Å²) in [5, 5.41) is 8.44. The number of Topliss-reactive ketones (excluding diaryl/α,β-unsaturated/α-hetero) is 2. The first kappa shape index (κ1) is 16.5. The van der Waals surface area contributed by atoms with Crippen LogP contribution in [0.1, 0.15) is 45.7 Å².